The van der Waals surface area contributed by atoms with Crippen LogP contribution in [0.2, 0.25) is 5.02 Å². The first kappa shape index (κ1) is 15.5. The van der Waals surface area contributed by atoms with Crippen molar-refractivity contribution in [2.45, 2.75) is 0 Å². The molecule has 0 radical (unpaired) electrons. The summed E-state index contributed by atoms with van der Waals surface area (Å²) in [6, 6.07) is 7.72. The van der Waals surface area contributed by atoms with E-state index in [9.17, 15) is 9.18 Å². The number of carbonyl (C=O) groups is 1. The lowest BCUT2D eigenvalue weighted by atomic mass is 10.0. The summed E-state index contributed by atoms with van der Waals surface area (Å²) in [6.45, 7) is 0. The summed E-state index contributed by atoms with van der Waals surface area (Å²) in [4.78, 5) is 12.3. The molecule has 0 saturated heterocycles. The molecule has 2 aromatic rings. The number of halogens is 4. The molecule has 0 aliphatic heterocycles. The van der Waals surface area contributed by atoms with Crippen molar-refractivity contribution in [3.8, 4) is 5.75 Å². The molecule has 20 heavy (non-hydrogen) atoms. The molecule has 0 heterocycles. The highest BCUT2D eigenvalue weighted by atomic mass is 79.9. The van der Waals surface area contributed by atoms with Crippen molar-refractivity contribution in [2.24, 2.45) is 0 Å². The highest BCUT2D eigenvalue weighted by molar-refractivity contribution is 9.10. The van der Waals surface area contributed by atoms with Gasteiger partial charge in [0, 0.05) is 10.0 Å². The molecular weight excluding hydrogens is 414 g/mol. The van der Waals surface area contributed by atoms with Gasteiger partial charge < -0.3 is 4.74 Å². The molecule has 0 aromatic heterocycles. The number of hydrogen-bond acceptors (Lipinski definition) is 2. The maximum Gasteiger partial charge on any atom is 0.196 e. The molecule has 0 atom stereocenters. The lowest BCUT2D eigenvalue weighted by molar-refractivity contribution is 0.103. The van der Waals surface area contributed by atoms with Crippen LogP contribution in [0, 0.1) is 5.82 Å². The van der Waals surface area contributed by atoms with Crippen molar-refractivity contribution in [2.75, 3.05) is 7.11 Å². The number of methoxy groups -OCH3 is 1. The Kier molecular flexibility index (Phi) is 4.83. The molecule has 0 fully saturated rings. The Morgan fingerprint density at radius 2 is 1.90 bits per heavy atom. The van der Waals surface area contributed by atoms with E-state index in [1.165, 1.54) is 19.2 Å². The number of hydrogen-bond donors (Lipinski definition) is 0. The minimum Gasteiger partial charge on any atom is -0.496 e. The number of carbonyl (C=O) groups excluding carboxylic acids is 1. The summed E-state index contributed by atoms with van der Waals surface area (Å²) >= 11 is 12.2. The Balaban J connectivity index is 2.47. The van der Waals surface area contributed by atoms with Crippen molar-refractivity contribution in [1.29, 1.82) is 0 Å². The Hall–Kier alpha value is -0.910. The summed E-state index contributed by atoms with van der Waals surface area (Å²) < 4.78 is 20.1. The summed E-state index contributed by atoms with van der Waals surface area (Å²) in [5, 5.41) is -0.108. The Morgan fingerprint density at radius 3 is 2.50 bits per heavy atom. The van der Waals surface area contributed by atoms with E-state index in [-0.39, 0.29) is 10.6 Å². The zero-order valence-corrected chi connectivity index (χ0v) is 14.1. The van der Waals surface area contributed by atoms with Gasteiger partial charge in [-0.1, -0.05) is 11.6 Å². The summed E-state index contributed by atoms with van der Waals surface area (Å²) in [5.74, 6) is -0.589. The van der Waals surface area contributed by atoms with Crippen LogP contribution in [-0.4, -0.2) is 12.9 Å². The largest absolute Gasteiger partial charge is 0.496 e. The molecule has 0 saturated carbocycles. The predicted molar refractivity (Wildman–Crippen MR) is 83.2 cm³/mol. The fourth-order valence-corrected chi connectivity index (χ4v) is 2.68. The van der Waals surface area contributed by atoms with Crippen LogP contribution in [0.3, 0.4) is 0 Å². The van der Waals surface area contributed by atoms with Crippen LogP contribution >= 0.6 is 43.5 Å². The standard InChI is InChI=1S/C14H8Br2ClFO2/c1-20-11-5-2-7(6-10(11)16)14(19)8-3-4-9(15)12(17)13(8)18/h2-6H,1H3. The zero-order valence-electron chi connectivity index (χ0n) is 10.2. The minimum absolute atomic E-state index is 0.0738. The number of ketones is 1. The molecule has 2 rings (SSSR count). The van der Waals surface area contributed by atoms with Gasteiger partial charge in [0.2, 0.25) is 0 Å². The van der Waals surface area contributed by atoms with Crippen LogP contribution in [0.5, 0.6) is 5.75 Å². The van der Waals surface area contributed by atoms with Gasteiger partial charge in [0.1, 0.15) is 5.75 Å². The van der Waals surface area contributed by atoms with Crippen LogP contribution in [0.15, 0.2) is 39.3 Å². The molecule has 0 amide bonds. The average Bonchev–Trinajstić information content (AvgIpc) is 2.44. The van der Waals surface area contributed by atoms with Crippen LogP contribution in [0.25, 0.3) is 0 Å². The molecular formula is C14H8Br2ClFO2. The Bertz CT molecular complexity index is 689. The summed E-state index contributed by atoms with van der Waals surface area (Å²) in [5.41, 5.74) is 0.269. The van der Waals surface area contributed by atoms with Gasteiger partial charge in [0.15, 0.2) is 11.6 Å². The van der Waals surface area contributed by atoms with Gasteiger partial charge in [-0.2, -0.15) is 0 Å². The maximum absolute atomic E-state index is 14.0. The van der Waals surface area contributed by atoms with Crippen LogP contribution in [0.1, 0.15) is 15.9 Å². The first-order valence-electron chi connectivity index (χ1n) is 5.47. The third-order valence-corrected chi connectivity index (χ3v) is 4.57. The topological polar surface area (TPSA) is 26.3 Å². The quantitative estimate of drug-likeness (QED) is 0.499. The maximum atomic E-state index is 14.0. The van der Waals surface area contributed by atoms with E-state index in [1.54, 1.807) is 18.2 Å². The molecule has 6 heteroatoms. The predicted octanol–water partition coefficient (Wildman–Crippen LogP) is 5.24. The van der Waals surface area contributed by atoms with Crippen LogP contribution < -0.4 is 4.74 Å². The van der Waals surface area contributed by atoms with Crippen molar-refractivity contribution < 1.29 is 13.9 Å². The SMILES string of the molecule is COc1ccc(C(=O)c2ccc(Br)c(Cl)c2F)cc1Br. The van der Waals surface area contributed by atoms with Crippen molar-refractivity contribution in [3.63, 3.8) is 0 Å². The van der Waals surface area contributed by atoms with E-state index in [0.717, 1.165) is 0 Å². The molecule has 2 aromatic carbocycles. The number of rotatable bonds is 3. The number of benzene rings is 2. The molecule has 0 spiro atoms. The molecule has 2 nitrogen and oxygen atoms in total. The van der Waals surface area contributed by atoms with Crippen molar-refractivity contribution >= 4 is 49.2 Å². The van der Waals surface area contributed by atoms with Gasteiger partial charge >= 0.3 is 0 Å². The van der Waals surface area contributed by atoms with Gasteiger partial charge in [0.05, 0.1) is 22.2 Å². The average molecular weight is 422 g/mol. The molecule has 0 unspecified atom stereocenters. The first-order chi connectivity index (χ1) is 9.45. The second-order valence-electron chi connectivity index (χ2n) is 3.90. The summed E-state index contributed by atoms with van der Waals surface area (Å²) in [7, 11) is 1.52. The molecule has 0 aliphatic rings. The van der Waals surface area contributed by atoms with Crippen molar-refractivity contribution in [3.05, 3.63) is 61.2 Å². The third kappa shape index (κ3) is 2.90. The fraction of sp³-hybridized carbons (Fsp3) is 0.0714. The van der Waals surface area contributed by atoms with E-state index in [0.29, 0.717) is 20.3 Å². The molecule has 0 aliphatic carbocycles. The first-order valence-corrected chi connectivity index (χ1v) is 7.44. The Morgan fingerprint density at radius 1 is 1.20 bits per heavy atom. The highest BCUT2D eigenvalue weighted by Gasteiger charge is 2.18. The lowest BCUT2D eigenvalue weighted by Crippen LogP contribution is -2.05. The lowest BCUT2D eigenvalue weighted by Gasteiger charge is -2.08. The summed E-state index contributed by atoms with van der Waals surface area (Å²) in [6.07, 6.45) is 0. The monoisotopic (exact) mass is 420 g/mol. The molecule has 0 N–H and O–H groups in total. The van der Waals surface area contributed by atoms with Crippen LogP contribution in [-0.2, 0) is 0 Å². The molecule has 104 valence electrons. The van der Waals surface area contributed by atoms with Gasteiger partial charge in [0.25, 0.3) is 0 Å². The van der Waals surface area contributed by atoms with E-state index in [4.69, 9.17) is 16.3 Å². The van der Waals surface area contributed by atoms with E-state index in [1.807, 2.05) is 0 Å². The third-order valence-electron chi connectivity index (χ3n) is 2.69. The van der Waals surface area contributed by atoms with E-state index in [2.05, 4.69) is 31.9 Å². The second kappa shape index (κ2) is 6.24. The highest BCUT2D eigenvalue weighted by Crippen LogP contribution is 2.30. The van der Waals surface area contributed by atoms with Gasteiger partial charge in [-0.15, -0.1) is 0 Å². The zero-order chi connectivity index (χ0) is 14.9. The molecule has 0 bridgehead atoms. The Labute approximate surface area is 137 Å². The normalized spacial score (nSPS) is 10.4. The van der Waals surface area contributed by atoms with E-state index < -0.39 is 11.6 Å². The minimum atomic E-state index is -0.738. The second-order valence-corrected chi connectivity index (χ2v) is 5.99. The fourth-order valence-electron chi connectivity index (χ4n) is 1.66. The number of ether oxygens (including phenoxy) is 1. The van der Waals surface area contributed by atoms with Crippen molar-refractivity contribution in [1.82, 2.24) is 0 Å². The van der Waals surface area contributed by atoms with Crippen LogP contribution in [0.4, 0.5) is 4.39 Å². The van der Waals surface area contributed by atoms with Gasteiger partial charge in [-0.3, -0.25) is 4.79 Å². The van der Waals surface area contributed by atoms with E-state index >= 15 is 0 Å². The van der Waals surface area contributed by atoms with Gasteiger partial charge in [-0.05, 0) is 62.2 Å². The van der Waals surface area contributed by atoms with Gasteiger partial charge in [-0.25, -0.2) is 4.39 Å². The smallest absolute Gasteiger partial charge is 0.196 e.